The molecule has 1 aromatic carbocycles. The van der Waals surface area contributed by atoms with E-state index in [1.54, 1.807) is 7.11 Å². The highest BCUT2D eigenvalue weighted by Gasteiger charge is 2.31. The van der Waals surface area contributed by atoms with E-state index >= 15 is 0 Å². The van der Waals surface area contributed by atoms with Crippen LogP contribution >= 0.6 is 0 Å². The second kappa shape index (κ2) is 5.83. The van der Waals surface area contributed by atoms with Gasteiger partial charge in [-0.05, 0) is 31.4 Å². The highest BCUT2D eigenvalue weighted by molar-refractivity contribution is 5.60. The summed E-state index contributed by atoms with van der Waals surface area (Å²) in [6.07, 6.45) is 1.14. The Labute approximate surface area is 118 Å². The number of phenolic OH excluding ortho intramolecular Hbond substituents is 1. The van der Waals surface area contributed by atoms with Crippen LogP contribution in [0.25, 0.3) is 0 Å². The molecule has 0 radical (unpaired) electrons. The number of benzene rings is 1. The summed E-state index contributed by atoms with van der Waals surface area (Å²) in [5.41, 5.74) is 3.47. The largest absolute Gasteiger partial charge is 0.507 e. The monoisotopic (exact) mass is 280 g/mol. The lowest BCUT2D eigenvalue weighted by molar-refractivity contribution is -0.0926. The Morgan fingerprint density at radius 3 is 2.80 bits per heavy atom. The molecule has 1 unspecified atom stereocenters. The summed E-state index contributed by atoms with van der Waals surface area (Å²) in [6.45, 7) is 3.92. The number of rotatable bonds is 4. The van der Waals surface area contributed by atoms with Gasteiger partial charge in [0.2, 0.25) is 0 Å². The Morgan fingerprint density at radius 1 is 1.50 bits per heavy atom. The summed E-state index contributed by atoms with van der Waals surface area (Å²) in [6, 6.07) is 0. The summed E-state index contributed by atoms with van der Waals surface area (Å²) >= 11 is 0. The van der Waals surface area contributed by atoms with Gasteiger partial charge >= 0.3 is 0 Å². The van der Waals surface area contributed by atoms with E-state index in [1.165, 1.54) is 0 Å². The average molecular weight is 280 g/mol. The zero-order chi connectivity index (χ0) is 14.9. The molecule has 0 aliphatic carbocycles. The number of aliphatic hydroxyl groups is 2. The fraction of sp³-hybridized carbons (Fsp3) is 0.467. The minimum Gasteiger partial charge on any atom is -0.507 e. The molecule has 2 rings (SSSR count). The van der Waals surface area contributed by atoms with Gasteiger partial charge in [0.15, 0.2) is 6.29 Å². The molecule has 1 aromatic rings. The maximum absolute atomic E-state index is 10.4. The van der Waals surface area contributed by atoms with Crippen LogP contribution in [0.4, 0.5) is 0 Å². The summed E-state index contributed by atoms with van der Waals surface area (Å²) < 4.78 is 10.6. The first-order valence-electron chi connectivity index (χ1n) is 6.48. The number of ether oxygens (including phenoxy) is 2. The molecule has 1 aliphatic heterocycles. The summed E-state index contributed by atoms with van der Waals surface area (Å²) in [4.78, 5) is 0. The van der Waals surface area contributed by atoms with Crippen molar-refractivity contribution in [3.63, 3.8) is 0 Å². The van der Waals surface area contributed by atoms with Crippen LogP contribution in [-0.2, 0) is 17.8 Å². The van der Waals surface area contributed by atoms with Crippen molar-refractivity contribution in [2.24, 2.45) is 0 Å². The quantitative estimate of drug-likeness (QED) is 0.732. The van der Waals surface area contributed by atoms with Gasteiger partial charge in [0, 0.05) is 5.56 Å². The lowest BCUT2D eigenvalue weighted by atomic mass is 9.94. The molecule has 0 bridgehead atoms. The zero-order valence-electron chi connectivity index (χ0n) is 11.9. The number of allylic oxidation sites excluding steroid dienone is 1. The van der Waals surface area contributed by atoms with E-state index in [2.05, 4.69) is 0 Å². The van der Waals surface area contributed by atoms with E-state index in [0.717, 1.165) is 16.7 Å². The van der Waals surface area contributed by atoms with Gasteiger partial charge in [0.1, 0.15) is 11.5 Å². The van der Waals surface area contributed by atoms with E-state index in [-0.39, 0.29) is 19.0 Å². The first-order valence-corrected chi connectivity index (χ1v) is 6.48. The SMILES string of the molecule is COc1c(C)c2c(c(O)c1C/C=C(\C)CO)C(O)OC2. The molecule has 0 aromatic heterocycles. The zero-order valence-corrected chi connectivity index (χ0v) is 11.9. The summed E-state index contributed by atoms with van der Waals surface area (Å²) in [7, 11) is 1.55. The molecular weight excluding hydrogens is 260 g/mol. The third-order valence-electron chi connectivity index (χ3n) is 3.67. The van der Waals surface area contributed by atoms with Gasteiger partial charge in [-0.2, -0.15) is 0 Å². The van der Waals surface area contributed by atoms with E-state index < -0.39 is 6.29 Å². The van der Waals surface area contributed by atoms with Crippen molar-refractivity contribution in [1.82, 2.24) is 0 Å². The smallest absolute Gasteiger partial charge is 0.185 e. The van der Waals surface area contributed by atoms with Crippen molar-refractivity contribution in [1.29, 1.82) is 0 Å². The molecular formula is C15H20O5. The lowest BCUT2D eigenvalue weighted by Crippen LogP contribution is -2.02. The number of methoxy groups -OCH3 is 1. The van der Waals surface area contributed by atoms with Crippen molar-refractivity contribution in [3.8, 4) is 11.5 Å². The molecule has 0 fully saturated rings. The van der Waals surface area contributed by atoms with Crippen LogP contribution in [0, 0.1) is 6.92 Å². The Balaban J connectivity index is 2.55. The first kappa shape index (κ1) is 14.8. The molecule has 1 aliphatic rings. The molecule has 0 amide bonds. The van der Waals surface area contributed by atoms with Gasteiger partial charge in [0.05, 0.1) is 25.9 Å². The standard InChI is InChI=1S/C15H20O5/c1-8(6-16)4-5-10-13(17)12-11(7-20-15(12)18)9(2)14(10)19-3/h4,15-18H,5-7H2,1-3H3/b8-4+. The van der Waals surface area contributed by atoms with Crippen LogP contribution in [-0.4, -0.2) is 29.0 Å². The lowest BCUT2D eigenvalue weighted by Gasteiger charge is -2.17. The minimum atomic E-state index is -1.10. The van der Waals surface area contributed by atoms with Crippen LogP contribution < -0.4 is 4.74 Å². The predicted molar refractivity (Wildman–Crippen MR) is 73.7 cm³/mol. The van der Waals surface area contributed by atoms with E-state index in [9.17, 15) is 10.2 Å². The summed E-state index contributed by atoms with van der Waals surface area (Å²) in [5, 5.41) is 29.2. The number of hydrogen-bond donors (Lipinski definition) is 3. The molecule has 110 valence electrons. The van der Waals surface area contributed by atoms with Crippen LogP contribution in [0.3, 0.4) is 0 Å². The first-order chi connectivity index (χ1) is 9.51. The summed E-state index contributed by atoms with van der Waals surface area (Å²) in [5.74, 6) is 0.607. The molecule has 0 saturated carbocycles. The maximum atomic E-state index is 10.4. The van der Waals surface area contributed by atoms with Crippen LogP contribution in [0.15, 0.2) is 11.6 Å². The third-order valence-corrected chi connectivity index (χ3v) is 3.67. The van der Waals surface area contributed by atoms with Gasteiger partial charge in [-0.15, -0.1) is 0 Å². The Kier molecular flexibility index (Phi) is 4.32. The fourth-order valence-corrected chi connectivity index (χ4v) is 2.48. The van der Waals surface area contributed by atoms with Crippen molar-refractivity contribution in [2.45, 2.75) is 33.2 Å². The minimum absolute atomic E-state index is 0.00874. The highest BCUT2D eigenvalue weighted by Crippen LogP contribution is 2.45. The van der Waals surface area contributed by atoms with E-state index in [1.807, 2.05) is 19.9 Å². The number of fused-ring (bicyclic) bond motifs is 1. The Hall–Kier alpha value is -1.56. The van der Waals surface area contributed by atoms with Crippen LogP contribution in [0.1, 0.15) is 35.5 Å². The average Bonchev–Trinajstić information content (AvgIpc) is 2.83. The van der Waals surface area contributed by atoms with Crippen molar-refractivity contribution < 1.29 is 24.8 Å². The molecule has 20 heavy (non-hydrogen) atoms. The second-order valence-electron chi connectivity index (χ2n) is 4.95. The third kappa shape index (κ3) is 2.40. The van der Waals surface area contributed by atoms with Crippen molar-refractivity contribution >= 4 is 0 Å². The second-order valence-corrected chi connectivity index (χ2v) is 4.95. The van der Waals surface area contributed by atoms with Gasteiger partial charge in [-0.3, -0.25) is 0 Å². The molecule has 5 nitrogen and oxygen atoms in total. The molecule has 0 spiro atoms. The number of hydrogen-bond acceptors (Lipinski definition) is 5. The van der Waals surface area contributed by atoms with Crippen molar-refractivity contribution in [2.75, 3.05) is 13.7 Å². The van der Waals surface area contributed by atoms with Gasteiger partial charge < -0.3 is 24.8 Å². The van der Waals surface area contributed by atoms with Gasteiger partial charge in [-0.25, -0.2) is 0 Å². The fourth-order valence-electron chi connectivity index (χ4n) is 2.48. The van der Waals surface area contributed by atoms with Gasteiger partial charge in [-0.1, -0.05) is 11.6 Å². The van der Waals surface area contributed by atoms with E-state index in [4.69, 9.17) is 14.6 Å². The van der Waals surface area contributed by atoms with E-state index in [0.29, 0.717) is 23.3 Å². The molecule has 3 N–H and O–H groups in total. The molecule has 1 atom stereocenters. The predicted octanol–water partition coefficient (Wildman–Crippen LogP) is 1.71. The van der Waals surface area contributed by atoms with Crippen LogP contribution in [0.5, 0.6) is 11.5 Å². The maximum Gasteiger partial charge on any atom is 0.185 e. The van der Waals surface area contributed by atoms with Gasteiger partial charge in [0.25, 0.3) is 0 Å². The Bertz CT molecular complexity index is 548. The molecule has 1 heterocycles. The number of aliphatic hydroxyl groups excluding tert-OH is 2. The number of aromatic hydroxyl groups is 1. The van der Waals surface area contributed by atoms with Crippen LogP contribution in [0.2, 0.25) is 0 Å². The van der Waals surface area contributed by atoms with Crippen molar-refractivity contribution in [3.05, 3.63) is 33.9 Å². The molecule has 0 saturated heterocycles. The molecule has 5 heteroatoms. The number of phenols is 1. The Morgan fingerprint density at radius 2 is 2.20 bits per heavy atom. The topological polar surface area (TPSA) is 79.2 Å². The normalized spacial score (nSPS) is 18.2. The highest BCUT2D eigenvalue weighted by atomic mass is 16.6.